The number of fused-ring (bicyclic) bond motifs is 1. The number of rotatable bonds is 2. The van der Waals surface area contributed by atoms with Crippen molar-refractivity contribution in [3.63, 3.8) is 0 Å². The van der Waals surface area contributed by atoms with Gasteiger partial charge in [0.05, 0.1) is 0 Å². The van der Waals surface area contributed by atoms with Crippen molar-refractivity contribution in [3.05, 3.63) is 72.8 Å². The minimum atomic E-state index is 0.170. The van der Waals surface area contributed by atoms with E-state index in [2.05, 4.69) is 0 Å². The van der Waals surface area contributed by atoms with Crippen LogP contribution >= 0.6 is 0 Å². The van der Waals surface area contributed by atoms with Crippen molar-refractivity contribution in [1.29, 1.82) is 0 Å². The van der Waals surface area contributed by atoms with Gasteiger partial charge in [0.2, 0.25) is 0 Å². The Morgan fingerprint density at radius 2 is 1.35 bits per heavy atom. The Balaban J connectivity index is 2.05. The molecule has 2 N–H and O–H groups in total. The van der Waals surface area contributed by atoms with Crippen LogP contribution in [0.5, 0.6) is 11.5 Å². The topological polar surface area (TPSA) is 53.6 Å². The highest BCUT2D eigenvalue weighted by Crippen LogP contribution is 2.41. The second-order valence-electron chi connectivity index (χ2n) is 5.40. The average molecular weight is 302 g/mol. The van der Waals surface area contributed by atoms with Crippen molar-refractivity contribution in [3.8, 4) is 33.9 Å². The molecular formula is C20H14O3. The molecule has 1 aromatic heterocycles. The summed E-state index contributed by atoms with van der Waals surface area (Å²) in [6.45, 7) is 0. The fraction of sp³-hybridized carbons (Fsp3) is 0. The van der Waals surface area contributed by atoms with Crippen LogP contribution in [0.3, 0.4) is 0 Å². The maximum atomic E-state index is 9.71. The molecule has 23 heavy (non-hydrogen) atoms. The molecule has 0 saturated carbocycles. The van der Waals surface area contributed by atoms with E-state index >= 15 is 0 Å². The van der Waals surface area contributed by atoms with Gasteiger partial charge < -0.3 is 14.6 Å². The van der Waals surface area contributed by atoms with E-state index in [1.54, 1.807) is 24.3 Å². The van der Waals surface area contributed by atoms with Crippen LogP contribution in [0, 0.1) is 0 Å². The van der Waals surface area contributed by atoms with Crippen molar-refractivity contribution >= 4 is 11.0 Å². The molecule has 3 heteroatoms. The molecule has 3 aromatic carbocycles. The Bertz CT molecular complexity index is 967. The number of benzene rings is 3. The first kappa shape index (κ1) is 13.5. The molecule has 4 aromatic rings. The van der Waals surface area contributed by atoms with E-state index in [0.717, 1.165) is 27.8 Å². The third-order valence-electron chi connectivity index (χ3n) is 3.87. The van der Waals surface area contributed by atoms with Gasteiger partial charge in [0.25, 0.3) is 0 Å². The Morgan fingerprint density at radius 1 is 0.652 bits per heavy atom. The van der Waals surface area contributed by atoms with Crippen molar-refractivity contribution in [2.75, 3.05) is 0 Å². The van der Waals surface area contributed by atoms with Gasteiger partial charge in [0.1, 0.15) is 22.8 Å². The molecule has 0 atom stereocenters. The SMILES string of the molecule is Oc1ccc(-c2c(-c3ccccc3)oc3cc(O)ccc23)cc1. The summed E-state index contributed by atoms with van der Waals surface area (Å²) in [5, 5.41) is 20.2. The number of hydrogen-bond acceptors (Lipinski definition) is 3. The highest BCUT2D eigenvalue weighted by atomic mass is 16.3. The lowest BCUT2D eigenvalue weighted by Crippen LogP contribution is -1.80. The summed E-state index contributed by atoms with van der Waals surface area (Å²) in [6, 6.07) is 22.0. The molecule has 1 heterocycles. The summed E-state index contributed by atoms with van der Waals surface area (Å²) in [5.41, 5.74) is 3.50. The van der Waals surface area contributed by atoms with Gasteiger partial charge in [-0.05, 0) is 29.8 Å². The summed E-state index contributed by atoms with van der Waals surface area (Å²) in [5.74, 6) is 1.14. The second-order valence-corrected chi connectivity index (χ2v) is 5.40. The molecule has 0 aliphatic rings. The van der Waals surface area contributed by atoms with Crippen molar-refractivity contribution in [2.24, 2.45) is 0 Å². The molecule has 0 unspecified atom stereocenters. The lowest BCUT2D eigenvalue weighted by molar-refractivity contribution is 0.474. The van der Waals surface area contributed by atoms with Gasteiger partial charge in [0, 0.05) is 22.6 Å². The molecule has 0 bridgehead atoms. The number of phenols is 2. The lowest BCUT2D eigenvalue weighted by Gasteiger charge is -2.04. The first-order chi connectivity index (χ1) is 11.2. The molecule has 4 rings (SSSR count). The molecular weight excluding hydrogens is 288 g/mol. The van der Waals surface area contributed by atoms with Gasteiger partial charge in [-0.2, -0.15) is 0 Å². The number of aromatic hydroxyl groups is 2. The van der Waals surface area contributed by atoms with E-state index in [-0.39, 0.29) is 11.5 Å². The van der Waals surface area contributed by atoms with Crippen LogP contribution in [0.15, 0.2) is 77.2 Å². The Labute approximate surface area is 133 Å². The predicted octanol–water partition coefficient (Wildman–Crippen LogP) is 5.18. The summed E-state index contributed by atoms with van der Waals surface area (Å²) < 4.78 is 6.03. The zero-order chi connectivity index (χ0) is 15.8. The minimum Gasteiger partial charge on any atom is -0.508 e. The predicted molar refractivity (Wildman–Crippen MR) is 90.4 cm³/mol. The summed E-state index contributed by atoms with van der Waals surface area (Å²) in [7, 11) is 0. The molecule has 0 fully saturated rings. The standard InChI is InChI=1S/C20H14O3/c21-15-8-6-13(7-9-15)19-17-11-10-16(22)12-18(17)23-20(19)14-4-2-1-3-5-14/h1-12,21-22H. The van der Waals surface area contributed by atoms with Crippen LogP contribution < -0.4 is 0 Å². The van der Waals surface area contributed by atoms with Crippen molar-refractivity contribution in [2.45, 2.75) is 0 Å². The van der Waals surface area contributed by atoms with Gasteiger partial charge in [-0.25, -0.2) is 0 Å². The quantitative estimate of drug-likeness (QED) is 0.536. The molecule has 0 amide bonds. The molecule has 112 valence electrons. The molecule has 0 spiro atoms. The number of furan rings is 1. The van der Waals surface area contributed by atoms with Crippen LogP contribution in [0.4, 0.5) is 0 Å². The highest BCUT2D eigenvalue weighted by Gasteiger charge is 2.17. The molecule has 0 saturated heterocycles. The first-order valence-corrected chi connectivity index (χ1v) is 7.33. The van der Waals surface area contributed by atoms with Gasteiger partial charge in [0.15, 0.2) is 0 Å². The third-order valence-corrected chi connectivity index (χ3v) is 3.87. The van der Waals surface area contributed by atoms with Crippen LogP contribution in [-0.4, -0.2) is 10.2 Å². The molecule has 3 nitrogen and oxygen atoms in total. The summed E-state index contributed by atoms with van der Waals surface area (Å²) >= 11 is 0. The molecule has 0 aliphatic heterocycles. The van der Waals surface area contributed by atoms with E-state index < -0.39 is 0 Å². The fourth-order valence-electron chi connectivity index (χ4n) is 2.79. The number of phenolic OH excluding ortho intramolecular Hbond substituents is 2. The Morgan fingerprint density at radius 3 is 2.09 bits per heavy atom. The van der Waals surface area contributed by atoms with Crippen LogP contribution in [0.25, 0.3) is 33.4 Å². The van der Waals surface area contributed by atoms with E-state index in [1.807, 2.05) is 48.5 Å². The van der Waals surface area contributed by atoms with Crippen LogP contribution in [0.1, 0.15) is 0 Å². The van der Waals surface area contributed by atoms with E-state index in [9.17, 15) is 10.2 Å². The van der Waals surface area contributed by atoms with Gasteiger partial charge in [-0.1, -0.05) is 42.5 Å². The Hall–Kier alpha value is -3.20. The third kappa shape index (κ3) is 2.32. The van der Waals surface area contributed by atoms with Gasteiger partial charge in [-0.3, -0.25) is 0 Å². The minimum absolute atomic E-state index is 0.170. The molecule has 0 radical (unpaired) electrons. The average Bonchev–Trinajstić information content (AvgIpc) is 2.95. The maximum Gasteiger partial charge on any atom is 0.143 e. The monoisotopic (exact) mass is 302 g/mol. The van der Waals surface area contributed by atoms with Gasteiger partial charge in [-0.15, -0.1) is 0 Å². The summed E-state index contributed by atoms with van der Waals surface area (Å²) in [6.07, 6.45) is 0. The van der Waals surface area contributed by atoms with Crippen LogP contribution in [-0.2, 0) is 0 Å². The number of hydrogen-bond donors (Lipinski definition) is 2. The van der Waals surface area contributed by atoms with Crippen molar-refractivity contribution in [1.82, 2.24) is 0 Å². The second kappa shape index (κ2) is 5.21. The summed E-state index contributed by atoms with van der Waals surface area (Å²) in [4.78, 5) is 0. The van der Waals surface area contributed by atoms with Crippen LogP contribution in [0.2, 0.25) is 0 Å². The lowest BCUT2D eigenvalue weighted by atomic mass is 9.98. The zero-order valence-electron chi connectivity index (χ0n) is 12.2. The van der Waals surface area contributed by atoms with E-state index in [1.165, 1.54) is 0 Å². The Kier molecular flexibility index (Phi) is 3.05. The van der Waals surface area contributed by atoms with Gasteiger partial charge >= 0.3 is 0 Å². The van der Waals surface area contributed by atoms with E-state index in [4.69, 9.17) is 4.42 Å². The first-order valence-electron chi connectivity index (χ1n) is 7.33. The zero-order valence-corrected chi connectivity index (χ0v) is 12.2. The molecule has 0 aliphatic carbocycles. The highest BCUT2D eigenvalue weighted by molar-refractivity contribution is 6.02. The van der Waals surface area contributed by atoms with E-state index in [0.29, 0.717) is 5.58 Å². The fourth-order valence-corrected chi connectivity index (χ4v) is 2.79. The smallest absolute Gasteiger partial charge is 0.143 e. The largest absolute Gasteiger partial charge is 0.508 e. The maximum absolute atomic E-state index is 9.71. The van der Waals surface area contributed by atoms with Crippen molar-refractivity contribution < 1.29 is 14.6 Å². The normalized spacial score (nSPS) is 11.0.